The summed E-state index contributed by atoms with van der Waals surface area (Å²) in [4.78, 5) is 4.37. The highest BCUT2D eigenvalue weighted by Crippen LogP contribution is 2.31. The van der Waals surface area contributed by atoms with E-state index >= 15 is 0 Å². The highest BCUT2D eigenvalue weighted by atomic mass is 19.1. The van der Waals surface area contributed by atoms with Crippen LogP contribution in [0.15, 0.2) is 60.8 Å². The SMILES string of the molecule is CC[C@H]1CC(NC(C)c2cc(F)c(-c3ccnc(-c4ccn(C)c4)c3)cc2F)=CN1. The molecule has 1 unspecified atom stereocenters. The first-order valence-corrected chi connectivity index (χ1v) is 10.2. The molecule has 2 atom stereocenters. The Labute approximate surface area is 175 Å². The zero-order valence-electron chi connectivity index (χ0n) is 17.4. The molecule has 6 heteroatoms. The molecule has 0 radical (unpaired) electrons. The first-order valence-electron chi connectivity index (χ1n) is 10.2. The number of halogens is 2. The molecule has 0 bridgehead atoms. The maximum atomic E-state index is 15.0. The maximum absolute atomic E-state index is 15.0. The number of nitrogens with one attached hydrogen (secondary N) is 2. The molecule has 0 saturated heterocycles. The fourth-order valence-corrected chi connectivity index (χ4v) is 3.85. The normalized spacial score (nSPS) is 16.8. The zero-order valence-corrected chi connectivity index (χ0v) is 17.4. The van der Waals surface area contributed by atoms with Gasteiger partial charge >= 0.3 is 0 Å². The average Bonchev–Trinajstić information content (AvgIpc) is 3.38. The fourth-order valence-electron chi connectivity index (χ4n) is 3.85. The van der Waals surface area contributed by atoms with Gasteiger partial charge < -0.3 is 15.2 Å². The molecule has 1 aliphatic heterocycles. The number of aromatic nitrogens is 2. The van der Waals surface area contributed by atoms with Crippen LogP contribution in [0, 0.1) is 11.6 Å². The second-order valence-electron chi connectivity index (χ2n) is 7.86. The minimum absolute atomic E-state index is 0.232. The van der Waals surface area contributed by atoms with Gasteiger partial charge in [0.2, 0.25) is 0 Å². The summed E-state index contributed by atoms with van der Waals surface area (Å²) in [5.74, 6) is -0.877. The summed E-state index contributed by atoms with van der Waals surface area (Å²) in [6.07, 6.45) is 9.29. The second kappa shape index (κ2) is 8.30. The first-order chi connectivity index (χ1) is 14.4. The van der Waals surface area contributed by atoms with Crippen molar-refractivity contribution in [3.05, 3.63) is 78.0 Å². The van der Waals surface area contributed by atoms with Gasteiger partial charge in [0.15, 0.2) is 0 Å². The van der Waals surface area contributed by atoms with E-state index < -0.39 is 11.6 Å². The highest BCUT2D eigenvalue weighted by molar-refractivity contribution is 5.70. The van der Waals surface area contributed by atoms with E-state index in [-0.39, 0.29) is 11.6 Å². The minimum Gasteiger partial charge on any atom is -0.386 e. The van der Waals surface area contributed by atoms with Gasteiger partial charge in [0.1, 0.15) is 11.6 Å². The fraction of sp³-hybridized carbons (Fsp3) is 0.292. The van der Waals surface area contributed by atoms with Crippen LogP contribution in [0.5, 0.6) is 0 Å². The summed E-state index contributed by atoms with van der Waals surface area (Å²) in [7, 11) is 1.93. The molecule has 2 N–H and O–H groups in total. The lowest BCUT2D eigenvalue weighted by Gasteiger charge is -2.18. The Kier molecular flexibility index (Phi) is 5.57. The summed E-state index contributed by atoms with van der Waals surface area (Å²) in [6.45, 7) is 3.96. The molecule has 0 spiro atoms. The van der Waals surface area contributed by atoms with Crippen molar-refractivity contribution in [2.24, 2.45) is 7.05 Å². The van der Waals surface area contributed by atoms with E-state index in [0.717, 1.165) is 29.8 Å². The average molecular weight is 408 g/mol. The Morgan fingerprint density at radius 2 is 2.03 bits per heavy atom. The number of aryl methyl sites for hydroxylation is 1. The monoisotopic (exact) mass is 408 g/mol. The van der Waals surface area contributed by atoms with Gasteiger partial charge in [-0.05, 0) is 49.2 Å². The second-order valence-corrected chi connectivity index (χ2v) is 7.86. The number of hydrogen-bond donors (Lipinski definition) is 2. The zero-order chi connectivity index (χ0) is 21.3. The number of benzene rings is 1. The van der Waals surface area contributed by atoms with Crippen LogP contribution in [0.25, 0.3) is 22.4 Å². The van der Waals surface area contributed by atoms with Crippen molar-refractivity contribution in [3.8, 4) is 22.4 Å². The molecule has 2 aromatic heterocycles. The lowest BCUT2D eigenvalue weighted by Crippen LogP contribution is -2.20. The third kappa shape index (κ3) is 4.08. The topological polar surface area (TPSA) is 41.9 Å². The molecular formula is C24H26F2N4. The Bertz CT molecular complexity index is 1090. The number of pyridine rings is 1. The van der Waals surface area contributed by atoms with E-state index in [2.05, 4.69) is 22.5 Å². The predicted molar refractivity (Wildman–Crippen MR) is 115 cm³/mol. The van der Waals surface area contributed by atoms with Crippen molar-refractivity contribution in [1.29, 1.82) is 0 Å². The van der Waals surface area contributed by atoms with E-state index in [1.807, 2.05) is 43.2 Å². The Hall–Kier alpha value is -3.15. The third-order valence-corrected chi connectivity index (χ3v) is 5.61. The predicted octanol–water partition coefficient (Wildman–Crippen LogP) is 5.30. The van der Waals surface area contributed by atoms with Gasteiger partial charge in [0.05, 0.1) is 11.7 Å². The molecule has 0 fully saturated rings. The quantitative estimate of drug-likeness (QED) is 0.582. The number of rotatable bonds is 6. The Balaban J connectivity index is 1.59. The van der Waals surface area contributed by atoms with Crippen molar-refractivity contribution in [3.63, 3.8) is 0 Å². The summed E-state index contributed by atoms with van der Waals surface area (Å²) < 4.78 is 31.9. The maximum Gasteiger partial charge on any atom is 0.131 e. The molecule has 4 nitrogen and oxygen atoms in total. The van der Waals surface area contributed by atoms with Gasteiger partial charge in [0.25, 0.3) is 0 Å². The van der Waals surface area contributed by atoms with Crippen LogP contribution >= 0.6 is 0 Å². The molecule has 0 aliphatic carbocycles. The van der Waals surface area contributed by atoms with E-state index in [9.17, 15) is 8.78 Å². The van der Waals surface area contributed by atoms with Crippen molar-refractivity contribution >= 4 is 0 Å². The molecule has 0 saturated carbocycles. The third-order valence-electron chi connectivity index (χ3n) is 5.61. The van der Waals surface area contributed by atoms with Crippen LogP contribution in [-0.2, 0) is 7.05 Å². The van der Waals surface area contributed by atoms with Crippen molar-refractivity contribution in [2.45, 2.75) is 38.8 Å². The van der Waals surface area contributed by atoms with Gasteiger partial charge in [-0.15, -0.1) is 0 Å². The van der Waals surface area contributed by atoms with Gasteiger partial charge in [-0.25, -0.2) is 8.78 Å². The van der Waals surface area contributed by atoms with Crippen LogP contribution in [-0.4, -0.2) is 15.6 Å². The molecule has 156 valence electrons. The highest BCUT2D eigenvalue weighted by Gasteiger charge is 2.20. The first kappa shape index (κ1) is 20.1. The smallest absolute Gasteiger partial charge is 0.131 e. The molecule has 30 heavy (non-hydrogen) atoms. The van der Waals surface area contributed by atoms with Gasteiger partial charge in [-0.1, -0.05) is 6.92 Å². The van der Waals surface area contributed by atoms with Gasteiger partial charge in [-0.2, -0.15) is 0 Å². The Morgan fingerprint density at radius 3 is 2.73 bits per heavy atom. The summed E-state index contributed by atoms with van der Waals surface area (Å²) >= 11 is 0. The summed E-state index contributed by atoms with van der Waals surface area (Å²) in [6, 6.07) is 8.06. The van der Waals surface area contributed by atoms with Crippen LogP contribution in [0.2, 0.25) is 0 Å². The van der Waals surface area contributed by atoms with E-state index in [0.29, 0.717) is 17.2 Å². The summed E-state index contributed by atoms with van der Waals surface area (Å²) in [5.41, 5.74) is 3.81. The molecule has 3 aromatic rings. The standard InChI is InChI=1S/C24H26F2N4/c1-4-18-10-19(13-28-18)29-15(2)20-11-23(26)21(12-22(20)25)16-5-7-27-24(9-16)17-6-8-30(3)14-17/h5-9,11-15,18,28-29H,4,10H2,1-3H3/t15?,18-/m0/s1. The van der Waals surface area contributed by atoms with E-state index in [4.69, 9.17) is 0 Å². The molecule has 0 amide bonds. The molecule has 1 aliphatic rings. The van der Waals surface area contributed by atoms with E-state index in [1.54, 1.807) is 18.3 Å². The van der Waals surface area contributed by atoms with E-state index in [1.165, 1.54) is 12.1 Å². The van der Waals surface area contributed by atoms with Crippen LogP contribution in [0.1, 0.15) is 38.3 Å². The molecule has 3 heterocycles. The lowest BCUT2D eigenvalue weighted by atomic mass is 9.99. The number of hydrogen-bond acceptors (Lipinski definition) is 3. The molecule has 1 aromatic carbocycles. The van der Waals surface area contributed by atoms with Crippen LogP contribution < -0.4 is 10.6 Å². The molecule has 4 rings (SSSR count). The van der Waals surface area contributed by atoms with Crippen LogP contribution in [0.3, 0.4) is 0 Å². The Morgan fingerprint density at radius 1 is 1.20 bits per heavy atom. The van der Waals surface area contributed by atoms with Crippen LogP contribution in [0.4, 0.5) is 8.78 Å². The molecular weight excluding hydrogens is 382 g/mol. The minimum atomic E-state index is -0.449. The number of nitrogens with zero attached hydrogens (tertiary/aromatic N) is 2. The van der Waals surface area contributed by atoms with Crippen molar-refractivity contribution in [2.75, 3.05) is 0 Å². The largest absolute Gasteiger partial charge is 0.386 e. The van der Waals surface area contributed by atoms with Gasteiger partial charge in [-0.3, -0.25) is 4.98 Å². The van der Waals surface area contributed by atoms with Crippen molar-refractivity contribution in [1.82, 2.24) is 20.2 Å². The summed E-state index contributed by atoms with van der Waals surface area (Å²) in [5, 5.41) is 6.59. The lowest BCUT2D eigenvalue weighted by molar-refractivity contribution is 0.535. The van der Waals surface area contributed by atoms with Crippen molar-refractivity contribution < 1.29 is 8.78 Å². The van der Waals surface area contributed by atoms with Gasteiger partial charge in [0, 0.05) is 66.7 Å².